The van der Waals surface area contributed by atoms with Gasteiger partial charge < -0.3 is 20.2 Å². The second-order valence-electron chi connectivity index (χ2n) is 6.16. The van der Waals surface area contributed by atoms with Gasteiger partial charge in [0.05, 0.1) is 17.9 Å². The molecule has 0 aliphatic carbocycles. The number of hydrogen-bond acceptors (Lipinski definition) is 3. The molecule has 3 rings (SSSR count). The summed E-state index contributed by atoms with van der Waals surface area (Å²) in [6, 6.07) is -0.170. The first kappa shape index (κ1) is 14.2. The summed E-state index contributed by atoms with van der Waals surface area (Å²) in [5.41, 5.74) is 0. The molecule has 3 fully saturated rings. The Balaban J connectivity index is 1.69. The normalized spacial score (nSPS) is 32.6. The Labute approximate surface area is 123 Å². The summed E-state index contributed by atoms with van der Waals surface area (Å²) in [7, 11) is 0. The molecule has 3 amide bonds. The van der Waals surface area contributed by atoms with E-state index in [-0.39, 0.29) is 30.4 Å². The van der Waals surface area contributed by atoms with E-state index in [4.69, 9.17) is 5.11 Å². The van der Waals surface area contributed by atoms with Gasteiger partial charge in [0, 0.05) is 26.2 Å². The first-order valence-electron chi connectivity index (χ1n) is 7.64. The van der Waals surface area contributed by atoms with Crippen molar-refractivity contribution < 1.29 is 19.5 Å². The van der Waals surface area contributed by atoms with Crippen molar-refractivity contribution in [3.8, 4) is 0 Å². The summed E-state index contributed by atoms with van der Waals surface area (Å²) in [5.74, 6) is -1.35. The summed E-state index contributed by atoms with van der Waals surface area (Å²) >= 11 is 0. The third-order valence-electron chi connectivity index (χ3n) is 4.89. The second kappa shape index (κ2) is 5.54. The van der Waals surface area contributed by atoms with Crippen LogP contribution in [0.15, 0.2) is 0 Å². The molecule has 7 heteroatoms. The lowest BCUT2D eigenvalue weighted by Gasteiger charge is -2.41. The molecule has 116 valence electrons. The number of carbonyl (C=O) groups is 3. The molecule has 3 aliphatic rings. The number of rotatable bonds is 1. The van der Waals surface area contributed by atoms with E-state index in [0.29, 0.717) is 26.1 Å². The van der Waals surface area contributed by atoms with Crippen LogP contribution in [0.1, 0.15) is 25.7 Å². The lowest BCUT2D eigenvalue weighted by molar-refractivity contribution is -0.143. The smallest absolute Gasteiger partial charge is 0.320 e. The van der Waals surface area contributed by atoms with Gasteiger partial charge in [0.2, 0.25) is 5.91 Å². The van der Waals surface area contributed by atoms with Crippen molar-refractivity contribution in [2.24, 2.45) is 11.8 Å². The number of likely N-dealkylation sites (tertiary alicyclic amines) is 2. The van der Waals surface area contributed by atoms with Crippen LogP contribution in [-0.4, -0.2) is 65.0 Å². The number of amides is 3. The zero-order valence-corrected chi connectivity index (χ0v) is 12.0. The van der Waals surface area contributed by atoms with Crippen molar-refractivity contribution in [3.05, 3.63) is 0 Å². The van der Waals surface area contributed by atoms with Gasteiger partial charge >= 0.3 is 12.0 Å². The number of carboxylic acids is 1. The Bertz CT molecular complexity index is 467. The van der Waals surface area contributed by atoms with E-state index in [9.17, 15) is 14.4 Å². The Morgan fingerprint density at radius 1 is 1.19 bits per heavy atom. The molecule has 0 saturated carbocycles. The molecule has 3 atom stereocenters. The van der Waals surface area contributed by atoms with Crippen molar-refractivity contribution in [2.75, 3.05) is 26.2 Å². The number of carbonyl (C=O) groups excluding carboxylic acids is 2. The monoisotopic (exact) mass is 295 g/mol. The highest BCUT2D eigenvalue weighted by Crippen LogP contribution is 2.29. The van der Waals surface area contributed by atoms with Crippen LogP contribution in [-0.2, 0) is 9.59 Å². The number of carboxylic acid groups (broad SMARTS) is 1. The predicted molar refractivity (Wildman–Crippen MR) is 73.6 cm³/mol. The lowest BCUT2D eigenvalue weighted by atomic mass is 9.91. The maximum Gasteiger partial charge on any atom is 0.320 e. The molecular formula is C14H21N3O4. The van der Waals surface area contributed by atoms with Gasteiger partial charge in [-0.25, -0.2) is 4.79 Å². The van der Waals surface area contributed by atoms with Gasteiger partial charge in [-0.1, -0.05) is 0 Å². The fraction of sp³-hybridized carbons (Fsp3) is 0.786. The van der Waals surface area contributed by atoms with Crippen LogP contribution < -0.4 is 5.32 Å². The summed E-state index contributed by atoms with van der Waals surface area (Å²) < 4.78 is 0. The third kappa shape index (κ3) is 2.56. The van der Waals surface area contributed by atoms with Gasteiger partial charge in [-0.3, -0.25) is 9.59 Å². The molecule has 21 heavy (non-hydrogen) atoms. The highest BCUT2D eigenvalue weighted by atomic mass is 16.4. The van der Waals surface area contributed by atoms with E-state index in [0.717, 1.165) is 19.3 Å². The molecule has 7 nitrogen and oxygen atoms in total. The molecule has 0 aromatic rings. The Morgan fingerprint density at radius 2 is 1.95 bits per heavy atom. The minimum Gasteiger partial charge on any atom is -0.481 e. The molecule has 0 aromatic carbocycles. The summed E-state index contributed by atoms with van der Waals surface area (Å²) in [6.07, 6.45) is 3.02. The average Bonchev–Trinajstić information content (AvgIpc) is 2.88. The third-order valence-corrected chi connectivity index (χ3v) is 4.89. The number of piperidine rings is 2. The Hall–Kier alpha value is -1.79. The SMILES string of the molecule is O=C1NCC2C1CCCN2C(=O)N1CCC[C@H](C(=O)O)C1. The average molecular weight is 295 g/mol. The molecular weight excluding hydrogens is 274 g/mol. The van der Waals surface area contributed by atoms with E-state index in [1.165, 1.54) is 0 Å². The second-order valence-corrected chi connectivity index (χ2v) is 6.16. The van der Waals surface area contributed by atoms with Crippen molar-refractivity contribution in [1.29, 1.82) is 0 Å². The van der Waals surface area contributed by atoms with Gasteiger partial charge in [-0.2, -0.15) is 0 Å². The maximum absolute atomic E-state index is 12.7. The Kier molecular flexibility index (Phi) is 3.73. The minimum absolute atomic E-state index is 0.0413. The van der Waals surface area contributed by atoms with Gasteiger partial charge in [-0.15, -0.1) is 0 Å². The molecule has 2 N–H and O–H groups in total. The van der Waals surface area contributed by atoms with Crippen LogP contribution in [0.25, 0.3) is 0 Å². The number of urea groups is 1. The van der Waals surface area contributed by atoms with Crippen molar-refractivity contribution >= 4 is 17.9 Å². The van der Waals surface area contributed by atoms with Crippen LogP contribution in [0.3, 0.4) is 0 Å². The standard InChI is InChI=1S/C14H21N3O4/c18-12-10-4-2-6-17(11(10)7-15-12)14(21)16-5-1-3-9(8-16)13(19)20/h9-11H,1-8H2,(H,15,18)(H,19,20)/t9-,10?,11?/m0/s1. The first-order valence-corrected chi connectivity index (χ1v) is 7.64. The zero-order valence-electron chi connectivity index (χ0n) is 12.0. The van der Waals surface area contributed by atoms with E-state index in [1.54, 1.807) is 9.80 Å². The molecule has 0 aromatic heterocycles. The first-order chi connectivity index (χ1) is 10.1. The van der Waals surface area contributed by atoms with Crippen LogP contribution >= 0.6 is 0 Å². The van der Waals surface area contributed by atoms with E-state index in [2.05, 4.69) is 5.32 Å². The number of aliphatic carboxylic acids is 1. The number of hydrogen-bond donors (Lipinski definition) is 2. The fourth-order valence-electron chi connectivity index (χ4n) is 3.72. The van der Waals surface area contributed by atoms with Crippen LogP contribution in [0.4, 0.5) is 4.79 Å². The van der Waals surface area contributed by atoms with Gasteiger partial charge in [0.15, 0.2) is 0 Å². The molecule has 2 unspecified atom stereocenters. The van der Waals surface area contributed by atoms with Crippen molar-refractivity contribution in [1.82, 2.24) is 15.1 Å². The van der Waals surface area contributed by atoms with E-state index < -0.39 is 11.9 Å². The number of fused-ring (bicyclic) bond motifs is 1. The molecule has 3 heterocycles. The fourth-order valence-corrected chi connectivity index (χ4v) is 3.72. The topological polar surface area (TPSA) is 90.0 Å². The van der Waals surface area contributed by atoms with Gasteiger partial charge in [0.1, 0.15) is 0 Å². The van der Waals surface area contributed by atoms with Crippen LogP contribution in [0.2, 0.25) is 0 Å². The molecule has 0 bridgehead atoms. The summed E-state index contributed by atoms with van der Waals surface area (Å²) in [6.45, 7) is 2.07. The van der Waals surface area contributed by atoms with E-state index >= 15 is 0 Å². The maximum atomic E-state index is 12.7. The molecule has 0 spiro atoms. The highest BCUT2D eigenvalue weighted by Gasteiger charge is 2.44. The molecule has 3 aliphatic heterocycles. The van der Waals surface area contributed by atoms with Crippen molar-refractivity contribution in [3.63, 3.8) is 0 Å². The van der Waals surface area contributed by atoms with Crippen LogP contribution in [0.5, 0.6) is 0 Å². The highest BCUT2D eigenvalue weighted by molar-refractivity contribution is 5.84. The van der Waals surface area contributed by atoms with Gasteiger partial charge in [0.25, 0.3) is 0 Å². The zero-order chi connectivity index (χ0) is 15.0. The van der Waals surface area contributed by atoms with Gasteiger partial charge in [-0.05, 0) is 25.7 Å². The van der Waals surface area contributed by atoms with E-state index in [1.807, 2.05) is 0 Å². The predicted octanol–water partition coefficient (Wildman–Crippen LogP) is 0.113. The quantitative estimate of drug-likeness (QED) is 0.718. The summed E-state index contributed by atoms with van der Waals surface area (Å²) in [4.78, 5) is 39.0. The lowest BCUT2D eigenvalue weighted by Crippen LogP contribution is -2.55. The largest absolute Gasteiger partial charge is 0.481 e. The van der Waals surface area contributed by atoms with Crippen LogP contribution in [0, 0.1) is 11.8 Å². The Morgan fingerprint density at radius 3 is 2.71 bits per heavy atom. The number of nitrogens with zero attached hydrogens (tertiary/aromatic N) is 2. The minimum atomic E-state index is -0.832. The van der Waals surface area contributed by atoms with Crippen molar-refractivity contribution in [2.45, 2.75) is 31.7 Å². The number of nitrogens with one attached hydrogen (secondary N) is 1. The molecule has 0 radical (unpaired) electrons. The summed E-state index contributed by atoms with van der Waals surface area (Å²) in [5, 5.41) is 12.0. The molecule has 3 saturated heterocycles.